The third kappa shape index (κ3) is 3.50. The van der Waals surface area contributed by atoms with Crippen LogP contribution in [0.4, 0.5) is 5.69 Å². The number of rotatable bonds is 5. The molecule has 0 bridgehead atoms. The fourth-order valence-corrected chi connectivity index (χ4v) is 4.67. The number of anilines is 1. The first-order valence-corrected chi connectivity index (χ1v) is 9.84. The molecule has 0 unspecified atom stereocenters. The number of amides is 2. The SMILES string of the molecule is CCN(CC(=O)Nc1c(C)cccc1C)C(=O)[C@@]12CCCC[C@H]1CNC2. The van der Waals surface area contributed by atoms with Crippen LogP contribution in [0, 0.1) is 25.2 Å². The van der Waals surface area contributed by atoms with Crippen LogP contribution in [0.25, 0.3) is 0 Å². The number of aryl methyl sites for hydroxylation is 2. The van der Waals surface area contributed by atoms with E-state index in [9.17, 15) is 9.59 Å². The summed E-state index contributed by atoms with van der Waals surface area (Å²) in [6, 6.07) is 5.96. The molecule has 1 aliphatic heterocycles. The Morgan fingerprint density at radius 3 is 2.69 bits per heavy atom. The predicted molar refractivity (Wildman–Crippen MR) is 104 cm³/mol. The predicted octanol–water partition coefficient (Wildman–Crippen LogP) is 2.87. The molecule has 5 heteroatoms. The van der Waals surface area contributed by atoms with Gasteiger partial charge < -0.3 is 15.5 Å². The van der Waals surface area contributed by atoms with E-state index in [-0.39, 0.29) is 23.8 Å². The molecule has 0 spiro atoms. The third-order valence-electron chi connectivity index (χ3n) is 6.21. The number of para-hydroxylation sites is 1. The topological polar surface area (TPSA) is 61.4 Å². The van der Waals surface area contributed by atoms with E-state index < -0.39 is 0 Å². The summed E-state index contributed by atoms with van der Waals surface area (Å²) >= 11 is 0. The maximum absolute atomic E-state index is 13.4. The van der Waals surface area contributed by atoms with Gasteiger partial charge in [0.25, 0.3) is 0 Å². The molecule has 3 rings (SSSR count). The van der Waals surface area contributed by atoms with Crippen LogP contribution in [0.5, 0.6) is 0 Å². The molecule has 1 saturated carbocycles. The van der Waals surface area contributed by atoms with Crippen molar-refractivity contribution in [3.05, 3.63) is 29.3 Å². The van der Waals surface area contributed by atoms with Gasteiger partial charge in [-0.1, -0.05) is 31.0 Å². The van der Waals surface area contributed by atoms with Gasteiger partial charge in [0.15, 0.2) is 0 Å². The smallest absolute Gasteiger partial charge is 0.244 e. The minimum absolute atomic E-state index is 0.118. The lowest BCUT2D eigenvalue weighted by atomic mass is 9.67. The highest BCUT2D eigenvalue weighted by Crippen LogP contribution is 2.45. The number of hydrogen-bond donors (Lipinski definition) is 2. The first-order valence-electron chi connectivity index (χ1n) is 9.84. The van der Waals surface area contributed by atoms with Crippen LogP contribution in [0.15, 0.2) is 18.2 Å². The van der Waals surface area contributed by atoms with Crippen LogP contribution in [-0.2, 0) is 9.59 Å². The molecule has 1 aliphatic carbocycles. The van der Waals surface area contributed by atoms with Gasteiger partial charge in [0, 0.05) is 18.8 Å². The largest absolute Gasteiger partial charge is 0.333 e. The van der Waals surface area contributed by atoms with Gasteiger partial charge in [-0.15, -0.1) is 0 Å². The zero-order chi connectivity index (χ0) is 18.7. The molecule has 5 nitrogen and oxygen atoms in total. The van der Waals surface area contributed by atoms with Gasteiger partial charge >= 0.3 is 0 Å². The maximum atomic E-state index is 13.4. The van der Waals surface area contributed by atoms with Gasteiger partial charge in [0.1, 0.15) is 0 Å². The van der Waals surface area contributed by atoms with E-state index in [1.54, 1.807) is 4.90 Å². The monoisotopic (exact) mass is 357 g/mol. The van der Waals surface area contributed by atoms with Gasteiger partial charge in [0.05, 0.1) is 12.0 Å². The number of carbonyl (C=O) groups is 2. The molecule has 1 saturated heterocycles. The Morgan fingerprint density at radius 1 is 1.27 bits per heavy atom. The summed E-state index contributed by atoms with van der Waals surface area (Å²) in [4.78, 5) is 27.7. The van der Waals surface area contributed by atoms with E-state index in [1.165, 1.54) is 6.42 Å². The number of benzene rings is 1. The number of nitrogens with one attached hydrogen (secondary N) is 2. The lowest BCUT2D eigenvalue weighted by Crippen LogP contribution is -2.51. The lowest BCUT2D eigenvalue weighted by molar-refractivity contribution is -0.147. The molecule has 1 aromatic rings. The molecule has 26 heavy (non-hydrogen) atoms. The lowest BCUT2D eigenvalue weighted by Gasteiger charge is -2.40. The Kier molecular flexibility index (Phi) is 5.66. The summed E-state index contributed by atoms with van der Waals surface area (Å²) < 4.78 is 0. The molecule has 2 N–H and O–H groups in total. The van der Waals surface area contributed by atoms with E-state index >= 15 is 0 Å². The molecular weight excluding hydrogens is 326 g/mol. The Labute approximate surface area is 156 Å². The second-order valence-electron chi connectivity index (χ2n) is 7.86. The minimum Gasteiger partial charge on any atom is -0.333 e. The molecule has 142 valence electrons. The average molecular weight is 357 g/mol. The second kappa shape index (κ2) is 7.78. The number of nitrogens with zero attached hydrogens (tertiary/aromatic N) is 1. The number of hydrogen-bond acceptors (Lipinski definition) is 3. The summed E-state index contributed by atoms with van der Waals surface area (Å²) in [5.41, 5.74) is 2.64. The average Bonchev–Trinajstić information content (AvgIpc) is 3.07. The van der Waals surface area contributed by atoms with Crippen molar-refractivity contribution in [1.29, 1.82) is 0 Å². The van der Waals surface area contributed by atoms with Crippen LogP contribution in [-0.4, -0.2) is 42.9 Å². The fraction of sp³-hybridized carbons (Fsp3) is 0.619. The van der Waals surface area contributed by atoms with Crippen molar-refractivity contribution in [1.82, 2.24) is 10.2 Å². The molecule has 2 amide bonds. The zero-order valence-electron chi connectivity index (χ0n) is 16.2. The van der Waals surface area contributed by atoms with Crippen molar-refractivity contribution in [2.75, 3.05) is 31.5 Å². The van der Waals surface area contributed by atoms with Gasteiger partial charge in [-0.2, -0.15) is 0 Å². The number of fused-ring (bicyclic) bond motifs is 1. The fourth-order valence-electron chi connectivity index (χ4n) is 4.67. The van der Waals surface area contributed by atoms with Crippen molar-refractivity contribution in [2.24, 2.45) is 11.3 Å². The molecule has 0 aromatic heterocycles. The van der Waals surface area contributed by atoms with Gasteiger partial charge in [0.2, 0.25) is 11.8 Å². The molecule has 2 atom stereocenters. The highest BCUT2D eigenvalue weighted by Gasteiger charge is 2.51. The van der Waals surface area contributed by atoms with Crippen molar-refractivity contribution < 1.29 is 9.59 Å². The summed E-state index contributed by atoms with van der Waals surface area (Å²) in [5, 5.41) is 6.44. The van der Waals surface area contributed by atoms with Gasteiger partial charge in [-0.3, -0.25) is 9.59 Å². The van der Waals surface area contributed by atoms with Crippen LogP contribution in [0.1, 0.15) is 43.7 Å². The minimum atomic E-state index is -0.298. The zero-order valence-corrected chi connectivity index (χ0v) is 16.2. The van der Waals surface area contributed by atoms with E-state index in [4.69, 9.17) is 0 Å². The Bertz CT molecular complexity index is 668. The number of carbonyl (C=O) groups excluding carboxylic acids is 2. The Morgan fingerprint density at radius 2 is 2.00 bits per heavy atom. The molecule has 1 heterocycles. The van der Waals surface area contributed by atoms with E-state index in [1.807, 2.05) is 39.0 Å². The van der Waals surface area contributed by atoms with Crippen molar-refractivity contribution in [3.63, 3.8) is 0 Å². The van der Waals surface area contributed by atoms with Crippen molar-refractivity contribution >= 4 is 17.5 Å². The van der Waals surface area contributed by atoms with E-state index in [2.05, 4.69) is 10.6 Å². The van der Waals surface area contributed by atoms with E-state index in [0.717, 1.165) is 49.2 Å². The summed E-state index contributed by atoms with van der Waals surface area (Å²) in [5.74, 6) is 0.457. The van der Waals surface area contributed by atoms with Crippen molar-refractivity contribution in [3.8, 4) is 0 Å². The highest BCUT2D eigenvalue weighted by atomic mass is 16.2. The molecule has 2 aliphatic rings. The molecule has 0 radical (unpaired) electrons. The van der Waals surface area contributed by atoms with Gasteiger partial charge in [-0.05, 0) is 57.2 Å². The maximum Gasteiger partial charge on any atom is 0.244 e. The summed E-state index contributed by atoms with van der Waals surface area (Å²) in [6.45, 7) is 8.30. The summed E-state index contributed by atoms with van der Waals surface area (Å²) in [6.07, 6.45) is 4.38. The van der Waals surface area contributed by atoms with Crippen molar-refractivity contribution in [2.45, 2.75) is 46.5 Å². The third-order valence-corrected chi connectivity index (χ3v) is 6.21. The Hall–Kier alpha value is -1.88. The molecule has 1 aromatic carbocycles. The normalized spacial score (nSPS) is 24.8. The first kappa shape index (κ1) is 18.9. The van der Waals surface area contributed by atoms with Crippen LogP contribution in [0.2, 0.25) is 0 Å². The highest BCUT2D eigenvalue weighted by molar-refractivity contribution is 5.96. The van der Waals surface area contributed by atoms with Crippen LogP contribution >= 0.6 is 0 Å². The Balaban J connectivity index is 1.71. The second-order valence-corrected chi connectivity index (χ2v) is 7.86. The first-order chi connectivity index (χ1) is 12.5. The quantitative estimate of drug-likeness (QED) is 0.852. The number of likely N-dealkylation sites (N-methyl/N-ethyl adjacent to an activating group) is 1. The standard InChI is InChI=1S/C21H31N3O2/c1-4-24(13-18(25)23-19-15(2)8-7-9-16(19)3)20(26)21-11-6-5-10-17(21)12-22-14-21/h7-9,17,22H,4-6,10-14H2,1-3H3,(H,23,25)/t17-,21+/m0/s1. The summed E-state index contributed by atoms with van der Waals surface area (Å²) in [7, 11) is 0. The molecular formula is C21H31N3O2. The van der Waals surface area contributed by atoms with E-state index in [0.29, 0.717) is 12.5 Å². The van der Waals surface area contributed by atoms with Gasteiger partial charge in [-0.25, -0.2) is 0 Å². The van der Waals surface area contributed by atoms with Crippen LogP contribution in [0.3, 0.4) is 0 Å². The van der Waals surface area contributed by atoms with Crippen LogP contribution < -0.4 is 10.6 Å². The molecule has 2 fully saturated rings.